The van der Waals surface area contributed by atoms with E-state index >= 15 is 0 Å². The van der Waals surface area contributed by atoms with Gasteiger partial charge >= 0.3 is 5.97 Å². The van der Waals surface area contributed by atoms with Crippen molar-refractivity contribution in [2.75, 3.05) is 13.7 Å². The van der Waals surface area contributed by atoms with Crippen LogP contribution in [0.5, 0.6) is 5.88 Å². The van der Waals surface area contributed by atoms with E-state index in [1.807, 2.05) is 25.1 Å². The number of ether oxygens (including phenoxy) is 2. The van der Waals surface area contributed by atoms with Gasteiger partial charge in [-0.25, -0.2) is 9.78 Å². The van der Waals surface area contributed by atoms with E-state index < -0.39 is 5.97 Å². The maximum Gasteiger partial charge on any atom is 0.343 e. The second-order valence-corrected chi connectivity index (χ2v) is 6.95. The standard InChI is InChI=1S/C22H22N2O4/c1-4-28-22(26)18-12-24(15-6-7-15)20-13(2)16(8-9-17(20)21(18)25)14-5-10-19(27-3)23-11-14/h5,8-12,15H,4,6-7H2,1-3H3. The molecule has 3 aromatic rings. The quantitative estimate of drug-likeness (QED) is 0.630. The van der Waals surface area contributed by atoms with Crippen LogP contribution in [0.25, 0.3) is 22.0 Å². The number of benzene rings is 1. The Labute approximate surface area is 162 Å². The molecule has 0 saturated heterocycles. The van der Waals surface area contributed by atoms with Crippen LogP contribution in [0, 0.1) is 6.92 Å². The Morgan fingerprint density at radius 3 is 2.64 bits per heavy atom. The summed E-state index contributed by atoms with van der Waals surface area (Å²) < 4.78 is 12.3. The molecule has 2 aromatic heterocycles. The highest BCUT2D eigenvalue weighted by Crippen LogP contribution is 2.39. The molecule has 0 aliphatic heterocycles. The summed E-state index contributed by atoms with van der Waals surface area (Å²) in [6.45, 7) is 3.98. The topological polar surface area (TPSA) is 70.4 Å². The lowest BCUT2D eigenvalue weighted by Gasteiger charge is -2.17. The van der Waals surface area contributed by atoms with Crippen LogP contribution in [-0.4, -0.2) is 29.2 Å². The number of carbonyl (C=O) groups is 1. The van der Waals surface area contributed by atoms with Crippen molar-refractivity contribution in [3.8, 4) is 17.0 Å². The van der Waals surface area contributed by atoms with Crippen LogP contribution >= 0.6 is 0 Å². The molecule has 1 fully saturated rings. The molecule has 6 heteroatoms. The highest BCUT2D eigenvalue weighted by molar-refractivity contribution is 5.96. The number of pyridine rings is 2. The summed E-state index contributed by atoms with van der Waals surface area (Å²) in [5, 5.41) is 0.542. The number of hydrogen-bond acceptors (Lipinski definition) is 5. The predicted molar refractivity (Wildman–Crippen MR) is 107 cm³/mol. The normalized spacial score (nSPS) is 13.5. The number of aryl methyl sites for hydroxylation is 1. The number of aromatic nitrogens is 2. The van der Waals surface area contributed by atoms with E-state index in [4.69, 9.17) is 9.47 Å². The van der Waals surface area contributed by atoms with Gasteiger partial charge < -0.3 is 14.0 Å². The van der Waals surface area contributed by atoms with Gasteiger partial charge in [0.2, 0.25) is 11.3 Å². The molecule has 1 aliphatic carbocycles. The van der Waals surface area contributed by atoms with E-state index in [0.717, 1.165) is 35.0 Å². The Bertz CT molecular complexity index is 1110. The van der Waals surface area contributed by atoms with E-state index in [0.29, 0.717) is 17.3 Å². The molecule has 0 radical (unpaired) electrons. The summed E-state index contributed by atoms with van der Waals surface area (Å²) in [6, 6.07) is 7.78. The lowest BCUT2D eigenvalue weighted by molar-refractivity contribution is 0.0524. The lowest BCUT2D eigenvalue weighted by Crippen LogP contribution is -2.21. The number of fused-ring (bicyclic) bond motifs is 1. The molecule has 6 nitrogen and oxygen atoms in total. The van der Waals surface area contributed by atoms with Crippen LogP contribution in [0.4, 0.5) is 0 Å². The SMILES string of the molecule is CCOC(=O)c1cn(C2CC2)c2c(C)c(-c3ccc(OC)nc3)ccc2c1=O. The molecule has 0 N–H and O–H groups in total. The zero-order valence-electron chi connectivity index (χ0n) is 16.2. The Morgan fingerprint density at radius 2 is 2.04 bits per heavy atom. The van der Waals surface area contributed by atoms with Crippen molar-refractivity contribution in [1.29, 1.82) is 0 Å². The second kappa shape index (κ2) is 7.11. The van der Waals surface area contributed by atoms with Crippen molar-refractivity contribution in [2.45, 2.75) is 32.7 Å². The average molecular weight is 378 g/mol. The first-order valence-electron chi connectivity index (χ1n) is 9.41. The Kier molecular flexibility index (Phi) is 4.63. The summed E-state index contributed by atoms with van der Waals surface area (Å²) in [7, 11) is 1.58. The number of hydrogen-bond donors (Lipinski definition) is 0. The zero-order chi connectivity index (χ0) is 19.8. The molecule has 0 bridgehead atoms. The van der Waals surface area contributed by atoms with Crippen LogP contribution in [0.3, 0.4) is 0 Å². The smallest absolute Gasteiger partial charge is 0.343 e. The number of nitrogens with zero attached hydrogens (tertiary/aromatic N) is 2. The van der Waals surface area contributed by atoms with Crippen molar-refractivity contribution in [3.05, 3.63) is 58.0 Å². The van der Waals surface area contributed by atoms with Gasteiger partial charge in [-0.1, -0.05) is 6.07 Å². The molecular weight excluding hydrogens is 356 g/mol. The molecule has 0 amide bonds. The van der Waals surface area contributed by atoms with Crippen LogP contribution in [-0.2, 0) is 4.74 Å². The predicted octanol–water partition coefficient (Wildman–Crippen LogP) is 3.89. The van der Waals surface area contributed by atoms with Gasteiger partial charge in [-0.15, -0.1) is 0 Å². The first kappa shape index (κ1) is 18.2. The van der Waals surface area contributed by atoms with Gasteiger partial charge in [-0.2, -0.15) is 0 Å². The molecule has 4 rings (SSSR count). The summed E-state index contributed by atoms with van der Waals surface area (Å²) in [6.07, 6.45) is 5.50. The van der Waals surface area contributed by atoms with Crippen LogP contribution in [0.1, 0.15) is 41.7 Å². The second-order valence-electron chi connectivity index (χ2n) is 6.95. The number of methoxy groups -OCH3 is 1. The fraction of sp³-hybridized carbons (Fsp3) is 0.318. The van der Waals surface area contributed by atoms with Gasteiger partial charge in [0.25, 0.3) is 0 Å². The minimum Gasteiger partial charge on any atom is -0.481 e. The lowest BCUT2D eigenvalue weighted by atomic mass is 9.97. The van der Waals surface area contributed by atoms with Crippen LogP contribution in [0.2, 0.25) is 0 Å². The third kappa shape index (κ3) is 3.05. The molecule has 1 aliphatic rings. The maximum atomic E-state index is 13.0. The van der Waals surface area contributed by atoms with E-state index in [2.05, 4.69) is 9.55 Å². The Balaban J connectivity index is 1.94. The van der Waals surface area contributed by atoms with Gasteiger partial charge in [0, 0.05) is 35.5 Å². The van der Waals surface area contributed by atoms with Gasteiger partial charge in [-0.3, -0.25) is 4.79 Å². The highest BCUT2D eigenvalue weighted by Gasteiger charge is 2.28. The van der Waals surface area contributed by atoms with Crippen molar-refractivity contribution in [2.24, 2.45) is 0 Å². The summed E-state index contributed by atoms with van der Waals surface area (Å²) in [4.78, 5) is 29.6. The molecule has 0 unspecified atom stereocenters. The van der Waals surface area contributed by atoms with Crippen LogP contribution in [0.15, 0.2) is 41.5 Å². The molecule has 1 saturated carbocycles. The number of rotatable bonds is 5. The fourth-order valence-corrected chi connectivity index (χ4v) is 3.59. The molecule has 2 heterocycles. The largest absolute Gasteiger partial charge is 0.481 e. The minimum absolute atomic E-state index is 0.0968. The number of carbonyl (C=O) groups excluding carboxylic acids is 1. The van der Waals surface area contributed by atoms with E-state index in [1.165, 1.54) is 0 Å². The van der Waals surface area contributed by atoms with Gasteiger partial charge in [-0.05, 0) is 49.9 Å². The Hall–Kier alpha value is -3.15. The van der Waals surface area contributed by atoms with Gasteiger partial charge in [0.15, 0.2) is 0 Å². The number of esters is 1. The summed E-state index contributed by atoms with van der Waals surface area (Å²) in [5.41, 5.74) is 3.62. The van der Waals surface area contributed by atoms with E-state index in [1.54, 1.807) is 32.5 Å². The molecule has 144 valence electrons. The average Bonchev–Trinajstić information content (AvgIpc) is 3.54. The summed E-state index contributed by atoms with van der Waals surface area (Å²) in [5.74, 6) is -0.0129. The van der Waals surface area contributed by atoms with E-state index in [-0.39, 0.29) is 17.6 Å². The van der Waals surface area contributed by atoms with Crippen molar-refractivity contribution in [1.82, 2.24) is 9.55 Å². The Morgan fingerprint density at radius 1 is 1.25 bits per heavy atom. The van der Waals surface area contributed by atoms with E-state index in [9.17, 15) is 9.59 Å². The molecule has 1 aromatic carbocycles. The van der Waals surface area contributed by atoms with Crippen molar-refractivity contribution in [3.63, 3.8) is 0 Å². The molecule has 0 atom stereocenters. The monoisotopic (exact) mass is 378 g/mol. The molecule has 0 spiro atoms. The third-order valence-electron chi connectivity index (χ3n) is 5.14. The first-order valence-corrected chi connectivity index (χ1v) is 9.41. The minimum atomic E-state index is -0.565. The molecule has 28 heavy (non-hydrogen) atoms. The fourth-order valence-electron chi connectivity index (χ4n) is 3.59. The third-order valence-corrected chi connectivity index (χ3v) is 5.14. The maximum absolute atomic E-state index is 13.0. The van der Waals surface area contributed by atoms with Crippen LogP contribution < -0.4 is 10.2 Å². The van der Waals surface area contributed by atoms with Crippen molar-refractivity contribution >= 4 is 16.9 Å². The van der Waals surface area contributed by atoms with Gasteiger partial charge in [0.1, 0.15) is 5.56 Å². The first-order chi connectivity index (χ1) is 13.5. The zero-order valence-corrected chi connectivity index (χ0v) is 16.2. The molecular formula is C22H22N2O4. The summed E-state index contributed by atoms with van der Waals surface area (Å²) >= 11 is 0. The van der Waals surface area contributed by atoms with Crippen molar-refractivity contribution < 1.29 is 14.3 Å². The highest BCUT2D eigenvalue weighted by atomic mass is 16.5. The van der Waals surface area contributed by atoms with Gasteiger partial charge in [0.05, 0.1) is 19.2 Å².